The number of nitrogens with zero attached hydrogens (tertiary/aromatic N) is 1. The van der Waals surface area contributed by atoms with Gasteiger partial charge in [-0.05, 0) is 31.0 Å². The summed E-state index contributed by atoms with van der Waals surface area (Å²) >= 11 is 0. The van der Waals surface area contributed by atoms with Crippen LogP contribution in [0.2, 0.25) is 0 Å². The second-order valence-electron chi connectivity index (χ2n) is 4.52. The summed E-state index contributed by atoms with van der Waals surface area (Å²) in [6, 6.07) is 3.29. The van der Waals surface area contributed by atoms with E-state index in [9.17, 15) is 18.0 Å². The Labute approximate surface area is 116 Å². The number of carboxylic acids is 1. The third kappa shape index (κ3) is 3.88. The summed E-state index contributed by atoms with van der Waals surface area (Å²) in [5.74, 6) is -1.56. The lowest BCUT2D eigenvalue weighted by Gasteiger charge is -2.25. The molecule has 0 aliphatic heterocycles. The van der Waals surface area contributed by atoms with Gasteiger partial charge in [0.15, 0.2) is 0 Å². The average molecular weight is 289 g/mol. The van der Waals surface area contributed by atoms with E-state index in [0.29, 0.717) is 18.8 Å². The molecule has 0 unspecified atom stereocenters. The number of carbonyl (C=O) groups is 1. The molecule has 1 aromatic carbocycles. The van der Waals surface area contributed by atoms with Crippen LogP contribution in [0.15, 0.2) is 18.2 Å². The van der Waals surface area contributed by atoms with Crippen LogP contribution in [-0.2, 0) is 6.18 Å². The maximum atomic E-state index is 12.8. The highest BCUT2D eigenvalue weighted by Gasteiger charge is 2.35. The zero-order valence-corrected chi connectivity index (χ0v) is 11.5. The van der Waals surface area contributed by atoms with E-state index in [1.807, 2.05) is 18.7 Å². The summed E-state index contributed by atoms with van der Waals surface area (Å²) in [7, 11) is 0. The van der Waals surface area contributed by atoms with Crippen LogP contribution in [0.3, 0.4) is 0 Å². The molecule has 0 heterocycles. The zero-order chi connectivity index (χ0) is 15.3. The first-order valence-corrected chi connectivity index (χ1v) is 6.50. The van der Waals surface area contributed by atoms with Gasteiger partial charge in [0.2, 0.25) is 0 Å². The Bertz CT molecular complexity index is 466. The van der Waals surface area contributed by atoms with Crippen molar-refractivity contribution in [1.29, 1.82) is 0 Å². The Morgan fingerprint density at radius 3 is 2.15 bits per heavy atom. The van der Waals surface area contributed by atoms with Gasteiger partial charge in [0.05, 0.1) is 11.1 Å². The molecular weight excluding hydrogens is 271 g/mol. The summed E-state index contributed by atoms with van der Waals surface area (Å²) in [6.07, 6.45) is -2.99. The molecule has 112 valence electrons. The molecule has 1 N–H and O–H groups in total. The first-order chi connectivity index (χ1) is 9.31. The Balaban J connectivity index is 3.24. The number of anilines is 1. The van der Waals surface area contributed by atoms with Crippen molar-refractivity contribution in [2.75, 3.05) is 18.0 Å². The maximum Gasteiger partial charge on any atom is 0.417 e. The van der Waals surface area contributed by atoms with E-state index in [-0.39, 0.29) is 0 Å². The van der Waals surface area contributed by atoms with Crippen molar-refractivity contribution in [2.45, 2.75) is 32.9 Å². The second kappa shape index (κ2) is 6.63. The van der Waals surface area contributed by atoms with Crippen molar-refractivity contribution in [2.24, 2.45) is 0 Å². The van der Waals surface area contributed by atoms with Crippen LogP contribution in [0.4, 0.5) is 18.9 Å². The quantitative estimate of drug-likeness (QED) is 0.859. The van der Waals surface area contributed by atoms with Gasteiger partial charge in [-0.15, -0.1) is 0 Å². The highest BCUT2D eigenvalue weighted by atomic mass is 19.4. The van der Waals surface area contributed by atoms with Gasteiger partial charge in [-0.25, -0.2) is 4.79 Å². The average Bonchev–Trinajstić information content (AvgIpc) is 2.36. The molecule has 1 rings (SSSR count). The first-order valence-electron chi connectivity index (χ1n) is 6.50. The van der Waals surface area contributed by atoms with Crippen LogP contribution < -0.4 is 4.90 Å². The summed E-state index contributed by atoms with van der Waals surface area (Å²) in [4.78, 5) is 12.9. The van der Waals surface area contributed by atoms with Crippen molar-refractivity contribution in [3.05, 3.63) is 29.3 Å². The number of halogens is 3. The largest absolute Gasteiger partial charge is 0.478 e. The number of hydrogen-bond acceptors (Lipinski definition) is 2. The molecule has 0 fully saturated rings. The van der Waals surface area contributed by atoms with Crippen LogP contribution >= 0.6 is 0 Å². The molecule has 0 aliphatic rings. The summed E-state index contributed by atoms with van der Waals surface area (Å²) in [6.45, 7) is 5.28. The maximum absolute atomic E-state index is 12.8. The van der Waals surface area contributed by atoms with Gasteiger partial charge in [-0.1, -0.05) is 13.8 Å². The van der Waals surface area contributed by atoms with E-state index < -0.39 is 23.3 Å². The van der Waals surface area contributed by atoms with Gasteiger partial charge in [-0.3, -0.25) is 0 Å². The molecule has 0 atom stereocenters. The molecule has 0 aliphatic carbocycles. The molecule has 0 saturated carbocycles. The number of hydrogen-bond donors (Lipinski definition) is 1. The normalized spacial score (nSPS) is 11.4. The summed E-state index contributed by atoms with van der Waals surface area (Å²) < 4.78 is 38.3. The zero-order valence-electron chi connectivity index (χ0n) is 11.5. The Morgan fingerprint density at radius 1 is 1.20 bits per heavy atom. The smallest absolute Gasteiger partial charge is 0.417 e. The summed E-state index contributed by atoms with van der Waals surface area (Å²) in [5.41, 5.74) is -1.30. The second-order valence-corrected chi connectivity index (χ2v) is 4.52. The third-order valence-electron chi connectivity index (χ3n) is 2.89. The van der Waals surface area contributed by atoms with Gasteiger partial charge in [0.1, 0.15) is 0 Å². The highest BCUT2D eigenvalue weighted by Crippen LogP contribution is 2.34. The molecule has 0 aromatic heterocycles. The van der Waals surface area contributed by atoms with E-state index in [4.69, 9.17) is 5.11 Å². The predicted octanol–water partition coefficient (Wildman–Crippen LogP) is 4.03. The number of aromatic carboxylic acids is 1. The fourth-order valence-electron chi connectivity index (χ4n) is 2.06. The molecule has 6 heteroatoms. The van der Waals surface area contributed by atoms with Gasteiger partial charge in [-0.2, -0.15) is 13.2 Å². The SMILES string of the molecule is CCCN(CCC)c1ccc(C(F)(F)F)c(C(=O)O)c1. The van der Waals surface area contributed by atoms with Crippen molar-refractivity contribution in [3.8, 4) is 0 Å². The topological polar surface area (TPSA) is 40.5 Å². The van der Waals surface area contributed by atoms with Gasteiger partial charge in [0.25, 0.3) is 0 Å². The number of benzene rings is 1. The van der Waals surface area contributed by atoms with Gasteiger partial charge < -0.3 is 10.0 Å². The number of alkyl halides is 3. The van der Waals surface area contributed by atoms with E-state index in [2.05, 4.69) is 0 Å². The Morgan fingerprint density at radius 2 is 1.75 bits per heavy atom. The standard InChI is InChI=1S/C14H18F3NO2/c1-3-7-18(8-4-2)10-5-6-12(14(15,16)17)11(9-10)13(19)20/h5-6,9H,3-4,7-8H2,1-2H3,(H,19,20). The molecule has 20 heavy (non-hydrogen) atoms. The lowest BCUT2D eigenvalue weighted by Crippen LogP contribution is -2.25. The molecule has 0 spiro atoms. The van der Waals surface area contributed by atoms with Crippen molar-refractivity contribution >= 4 is 11.7 Å². The van der Waals surface area contributed by atoms with E-state index in [0.717, 1.165) is 25.0 Å². The van der Waals surface area contributed by atoms with Gasteiger partial charge in [0, 0.05) is 18.8 Å². The van der Waals surface area contributed by atoms with Crippen LogP contribution in [0.25, 0.3) is 0 Å². The van der Waals surface area contributed by atoms with E-state index >= 15 is 0 Å². The first kappa shape index (κ1) is 16.3. The molecule has 3 nitrogen and oxygen atoms in total. The lowest BCUT2D eigenvalue weighted by molar-refractivity contribution is -0.138. The minimum absolute atomic E-state index is 0.513. The molecule has 0 saturated heterocycles. The third-order valence-corrected chi connectivity index (χ3v) is 2.89. The fraction of sp³-hybridized carbons (Fsp3) is 0.500. The molecule has 0 amide bonds. The molecule has 1 aromatic rings. The minimum atomic E-state index is -4.66. The van der Waals surface area contributed by atoms with Crippen molar-refractivity contribution < 1.29 is 23.1 Å². The number of rotatable bonds is 6. The predicted molar refractivity (Wildman–Crippen MR) is 71.2 cm³/mol. The lowest BCUT2D eigenvalue weighted by atomic mass is 10.1. The monoisotopic (exact) mass is 289 g/mol. The van der Waals surface area contributed by atoms with Crippen molar-refractivity contribution in [1.82, 2.24) is 0 Å². The molecular formula is C14H18F3NO2. The van der Waals surface area contributed by atoms with Crippen LogP contribution in [0.1, 0.15) is 42.6 Å². The fourth-order valence-corrected chi connectivity index (χ4v) is 2.06. The number of carboxylic acid groups (broad SMARTS) is 1. The van der Waals surface area contributed by atoms with E-state index in [1.165, 1.54) is 6.07 Å². The Hall–Kier alpha value is -1.72. The Kier molecular flexibility index (Phi) is 5.42. The minimum Gasteiger partial charge on any atom is -0.478 e. The van der Waals surface area contributed by atoms with Crippen LogP contribution in [-0.4, -0.2) is 24.2 Å². The highest BCUT2D eigenvalue weighted by molar-refractivity contribution is 5.91. The molecule has 0 radical (unpaired) electrons. The van der Waals surface area contributed by atoms with Crippen LogP contribution in [0, 0.1) is 0 Å². The summed E-state index contributed by atoms with van der Waals surface area (Å²) in [5, 5.41) is 8.98. The van der Waals surface area contributed by atoms with Gasteiger partial charge >= 0.3 is 12.1 Å². The van der Waals surface area contributed by atoms with Crippen molar-refractivity contribution in [3.63, 3.8) is 0 Å². The van der Waals surface area contributed by atoms with Crippen LogP contribution in [0.5, 0.6) is 0 Å². The molecule has 0 bridgehead atoms. The van der Waals surface area contributed by atoms with E-state index in [1.54, 1.807) is 0 Å².